The van der Waals surface area contributed by atoms with Gasteiger partial charge in [-0.2, -0.15) is 5.23 Å². The van der Waals surface area contributed by atoms with Gasteiger partial charge >= 0.3 is 5.97 Å². The van der Waals surface area contributed by atoms with E-state index in [0.717, 1.165) is 18.2 Å². The topological polar surface area (TPSA) is 187 Å². The van der Waals surface area contributed by atoms with Gasteiger partial charge in [0, 0.05) is 17.8 Å². The highest BCUT2D eigenvalue weighted by molar-refractivity contribution is 5.89. The number of carbonyl (C=O) groups is 1. The monoisotopic (exact) mass is 346 g/mol. The van der Waals surface area contributed by atoms with Gasteiger partial charge in [0.1, 0.15) is 24.4 Å². The fourth-order valence-electron chi connectivity index (χ4n) is 2.34. The van der Waals surface area contributed by atoms with E-state index in [-0.39, 0.29) is 16.9 Å². The Morgan fingerprint density at radius 3 is 2.42 bits per heavy atom. The minimum absolute atomic E-state index is 0.0108. The molecule has 134 valence electrons. The maximum Gasteiger partial charge on any atom is 0.335 e. The first-order valence-corrected chi connectivity index (χ1v) is 6.93. The standard InChI is InChI=1S/C13H18N2O9/c16-4-8-9(17)10(18)11(19)12(24-8)14-6-1-5(13(20)21)2-7(3-6)15(22)23/h1-3,8-12,14-19,22H,4H2,(H,20,21)/t8-,9+,10+,11-,12+/m0/s1. The molecule has 1 unspecified atom stereocenters. The zero-order valence-electron chi connectivity index (χ0n) is 12.2. The largest absolute Gasteiger partial charge is 0.595 e. The van der Waals surface area contributed by atoms with Crippen molar-refractivity contribution in [3.05, 3.63) is 29.0 Å². The van der Waals surface area contributed by atoms with Crippen molar-refractivity contribution in [1.82, 2.24) is 0 Å². The summed E-state index contributed by atoms with van der Waals surface area (Å²) in [7, 11) is 0. The summed E-state index contributed by atoms with van der Waals surface area (Å²) in [5.41, 5.74) is -0.597. The summed E-state index contributed by atoms with van der Waals surface area (Å²) in [6.45, 7) is -0.626. The Labute approximate surface area is 135 Å². The second-order valence-electron chi connectivity index (χ2n) is 5.30. The summed E-state index contributed by atoms with van der Waals surface area (Å²) in [4.78, 5) is 11.1. The van der Waals surface area contributed by atoms with Crippen LogP contribution in [0.3, 0.4) is 0 Å². The number of nitrogens with one attached hydrogen (secondary N) is 2. The van der Waals surface area contributed by atoms with E-state index in [1.165, 1.54) is 0 Å². The van der Waals surface area contributed by atoms with E-state index in [9.17, 15) is 25.3 Å². The van der Waals surface area contributed by atoms with Gasteiger partial charge in [0.05, 0.1) is 12.2 Å². The minimum atomic E-state index is -1.62. The number of aliphatic hydroxyl groups is 4. The number of carboxylic acids is 1. The molecule has 1 aromatic rings. The van der Waals surface area contributed by atoms with Crippen molar-refractivity contribution >= 4 is 17.3 Å². The predicted molar refractivity (Wildman–Crippen MR) is 76.6 cm³/mol. The molecule has 1 heterocycles. The lowest BCUT2D eigenvalue weighted by Crippen LogP contribution is -2.99. The average Bonchev–Trinajstić information content (AvgIpc) is 2.55. The number of anilines is 1. The maximum absolute atomic E-state index is 11.1. The predicted octanol–water partition coefficient (Wildman–Crippen LogP) is -3.00. The Bertz CT molecular complexity index is 595. The molecule has 0 amide bonds. The fraction of sp³-hybridized carbons (Fsp3) is 0.462. The molecule has 0 aliphatic carbocycles. The van der Waals surface area contributed by atoms with Crippen LogP contribution in [0.15, 0.2) is 18.2 Å². The molecular formula is C13H18N2O9. The molecule has 0 radical (unpaired) electrons. The smallest absolute Gasteiger partial charge is 0.335 e. The third-order valence-corrected chi connectivity index (χ3v) is 3.63. The molecule has 1 aliphatic rings. The van der Waals surface area contributed by atoms with Crippen LogP contribution in [0.1, 0.15) is 10.4 Å². The van der Waals surface area contributed by atoms with Crippen LogP contribution < -0.4 is 10.5 Å². The van der Waals surface area contributed by atoms with Crippen molar-refractivity contribution in [2.45, 2.75) is 30.6 Å². The molecule has 8 N–H and O–H groups in total. The third-order valence-electron chi connectivity index (χ3n) is 3.63. The van der Waals surface area contributed by atoms with E-state index in [0.29, 0.717) is 0 Å². The second kappa shape index (κ2) is 7.38. The zero-order valence-corrected chi connectivity index (χ0v) is 12.2. The molecule has 0 saturated carbocycles. The maximum atomic E-state index is 11.1. The van der Waals surface area contributed by atoms with Crippen LogP contribution in [0.2, 0.25) is 0 Å². The number of aliphatic hydroxyl groups excluding tert-OH is 4. The Morgan fingerprint density at radius 2 is 1.88 bits per heavy atom. The zero-order chi connectivity index (χ0) is 18.0. The van der Waals surface area contributed by atoms with Crippen LogP contribution >= 0.6 is 0 Å². The molecule has 11 heteroatoms. The number of benzene rings is 1. The van der Waals surface area contributed by atoms with Crippen LogP contribution in [-0.2, 0) is 4.74 Å². The van der Waals surface area contributed by atoms with Gasteiger partial charge in [-0.25, -0.2) is 10.0 Å². The van der Waals surface area contributed by atoms with Crippen molar-refractivity contribution in [2.24, 2.45) is 0 Å². The van der Waals surface area contributed by atoms with Crippen LogP contribution in [0.5, 0.6) is 0 Å². The molecule has 1 saturated heterocycles. The molecular weight excluding hydrogens is 328 g/mol. The minimum Gasteiger partial charge on any atom is -0.595 e. The number of hydrogen-bond acceptors (Lipinski definition) is 9. The van der Waals surface area contributed by atoms with Gasteiger partial charge in [0.25, 0.3) is 0 Å². The molecule has 0 spiro atoms. The number of ether oxygens (including phenoxy) is 1. The lowest BCUT2D eigenvalue weighted by Gasteiger charge is -2.40. The molecule has 0 bridgehead atoms. The molecule has 0 aromatic heterocycles. The van der Waals surface area contributed by atoms with E-state index < -0.39 is 48.4 Å². The SMILES string of the molecule is O=C(O)c1cc(N[C@@H]2O[C@@H](CO)[C@@H](O)[C@@H](O)[C@@H]2O)cc([NH+]([O-])O)c1. The van der Waals surface area contributed by atoms with Gasteiger partial charge in [0.2, 0.25) is 0 Å². The molecule has 1 fully saturated rings. The molecule has 1 aromatic carbocycles. The third kappa shape index (κ3) is 3.80. The van der Waals surface area contributed by atoms with E-state index in [1.807, 2.05) is 0 Å². The first kappa shape index (κ1) is 18.5. The number of rotatable bonds is 5. The van der Waals surface area contributed by atoms with Gasteiger partial charge in [0.15, 0.2) is 11.9 Å². The van der Waals surface area contributed by atoms with Gasteiger partial charge in [-0.05, 0) is 6.07 Å². The van der Waals surface area contributed by atoms with Crippen molar-refractivity contribution in [2.75, 3.05) is 11.9 Å². The Morgan fingerprint density at radius 1 is 1.21 bits per heavy atom. The van der Waals surface area contributed by atoms with Crippen LogP contribution in [0, 0.1) is 5.21 Å². The van der Waals surface area contributed by atoms with E-state index in [1.54, 1.807) is 0 Å². The van der Waals surface area contributed by atoms with E-state index >= 15 is 0 Å². The molecule has 2 rings (SSSR count). The Kier molecular flexibility index (Phi) is 5.69. The first-order valence-electron chi connectivity index (χ1n) is 6.93. The summed E-state index contributed by atoms with van der Waals surface area (Å²) in [5.74, 6) is -1.35. The normalized spacial score (nSPS) is 31.5. The Balaban J connectivity index is 2.27. The second-order valence-corrected chi connectivity index (χ2v) is 5.30. The number of aromatic carboxylic acids is 1. The summed E-state index contributed by atoms with van der Waals surface area (Å²) in [5, 5.41) is 68.8. The number of hydrogen-bond donors (Lipinski definition) is 8. The van der Waals surface area contributed by atoms with Gasteiger partial charge < -0.3 is 40.8 Å². The first-order chi connectivity index (χ1) is 11.2. The summed E-state index contributed by atoms with van der Waals surface area (Å²) < 4.78 is 5.22. The summed E-state index contributed by atoms with van der Waals surface area (Å²) >= 11 is 0. The highest BCUT2D eigenvalue weighted by atomic mass is 16.8. The van der Waals surface area contributed by atoms with Crippen LogP contribution in [0.25, 0.3) is 0 Å². The van der Waals surface area contributed by atoms with Crippen LogP contribution in [-0.4, -0.2) is 74.0 Å². The highest BCUT2D eigenvalue weighted by Gasteiger charge is 2.43. The summed E-state index contributed by atoms with van der Waals surface area (Å²) in [6, 6.07) is 3.20. The van der Waals surface area contributed by atoms with Gasteiger partial charge in [-0.3, -0.25) is 0 Å². The summed E-state index contributed by atoms with van der Waals surface area (Å²) in [6.07, 6.45) is -7.20. The van der Waals surface area contributed by atoms with Gasteiger partial charge in [-0.15, -0.1) is 0 Å². The lowest BCUT2D eigenvalue weighted by molar-refractivity contribution is -0.991. The van der Waals surface area contributed by atoms with Crippen molar-refractivity contribution in [3.63, 3.8) is 0 Å². The average molecular weight is 346 g/mol. The number of carboxylic acid groups (broad SMARTS) is 1. The Hall–Kier alpha value is -1.83. The fourth-order valence-corrected chi connectivity index (χ4v) is 2.34. The van der Waals surface area contributed by atoms with Crippen molar-refractivity contribution < 1.29 is 45.5 Å². The highest BCUT2D eigenvalue weighted by Crippen LogP contribution is 2.24. The van der Waals surface area contributed by atoms with Gasteiger partial charge in [-0.1, -0.05) is 0 Å². The molecule has 24 heavy (non-hydrogen) atoms. The quantitative estimate of drug-likeness (QED) is 0.255. The van der Waals surface area contributed by atoms with E-state index in [4.69, 9.17) is 20.2 Å². The number of quaternary nitrogens is 1. The van der Waals surface area contributed by atoms with E-state index in [2.05, 4.69) is 5.32 Å². The van der Waals surface area contributed by atoms with Crippen LogP contribution in [0.4, 0.5) is 11.4 Å². The van der Waals surface area contributed by atoms with Crippen molar-refractivity contribution in [3.8, 4) is 0 Å². The van der Waals surface area contributed by atoms with Crippen molar-refractivity contribution in [1.29, 1.82) is 0 Å². The lowest BCUT2D eigenvalue weighted by atomic mass is 9.98. The molecule has 11 nitrogen and oxygen atoms in total. The molecule has 1 aliphatic heterocycles. The molecule has 6 atom stereocenters.